The predicted molar refractivity (Wildman–Crippen MR) is 57.2 cm³/mol. The topological polar surface area (TPSA) is 46.5 Å². The van der Waals surface area contributed by atoms with Crippen LogP contribution < -0.4 is 0 Å². The van der Waals surface area contributed by atoms with E-state index in [1.165, 1.54) is 0 Å². The van der Waals surface area contributed by atoms with Gasteiger partial charge in [-0.15, -0.1) is 0 Å². The van der Waals surface area contributed by atoms with Crippen molar-refractivity contribution in [3.8, 4) is 0 Å². The van der Waals surface area contributed by atoms with E-state index < -0.39 is 12.1 Å². The molecular weight excluding hydrogens is 192 g/mol. The van der Waals surface area contributed by atoms with Crippen LogP contribution in [-0.4, -0.2) is 17.2 Å². The molecule has 0 amide bonds. The van der Waals surface area contributed by atoms with Gasteiger partial charge in [0.2, 0.25) is 0 Å². The summed E-state index contributed by atoms with van der Waals surface area (Å²) in [5.41, 5.74) is 0.926. The van der Waals surface area contributed by atoms with Crippen molar-refractivity contribution >= 4 is 5.97 Å². The molecule has 0 aliphatic heterocycles. The number of hydrogen-bond donors (Lipinski definition) is 1. The molecule has 1 unspecified atom stereocenters. The molecule has 0 radical (unpaired) electrons. The number of carbonyl (C=O) groups is 1. The minimum atomic E-state index is -0.987. The lowest BCUT2D eigenvalue weighted by Gasteiger charge is -2.09. The first kappa shape index (κ1) is 11.7. The van der Waals surface area contributed by atoms with E-state index >= 15 is 0 Å². The van der Waals surface area contributed by atoms with E-state index in [1.807, 2.05) is 37.3 Å². The van der Waals surface area contributed by atoms with Gasteiger partial charge in [0.05, 0.1) is 0 Å². The Labute approximate surface area is 89.7 Å². The van der Waals surface area contributed by atoms with Gasteiger partial charge in [-0.25, -0.2) is 4.79 Å². The van der Waals surface area contributed by atoms with Gasteiger partial charge >= 0.3 is 5.97 Å². The third-order valence-electron chi connectivity index (χ3n) is 2.06. The third-order valence-corrected chi connectivity index (χ3v) is 2.06. The third kappa shape index (κ3) is 4.13. The maximum absolute atomic E-state index is 11.2. The van der Waals surface area contributed by atoms with Crippen LogP contribution in [0.4, 0.5) is 0 Å². The lowest BCUT2D eigenvalue weighted by atomic mass is 10.2. The highest BCUT2D eigenvalue weighted by molar-refractivity contribution is 5.74. The summed E-state index contributed by atoms with van der Waals surface area (Å²) in [6.07, 6.45) is 0.230. The summed E-state index contributed by atoms with van der Waals surface area (Å²) in [7, 11) is 0. The first-order chi connectivity index (χ1) is 7.24. The number of rotatable bonds is 5. The Morgan fingerprint density at radius 2 is 2.07 bits per heavy atom. The molecule has 0 bridgehead atoms. The molecule has 1 aromatic rings. The van der Waals surface area contributed by atoms with Gasteiger partial charge in [0.1, 0.15) is 6.61 Å². The number of esters is 1. The van der Waals surface area contributed by atoms with Gasteiger partial charge in [0.15, 0.2) is 6.10 Å². The summed E-state index contributed by atoms with van der Waals surface area (Å²) in [5.74, 6) is -0.541. The van der Waals surface area contributed by atoms with Gasteiger partial charge in [0, 0.05) is 0 Å². The van der Waals surface area contributed by atoms with E-state index in [1.54, 1.807) is 0 Å². The minimum absolute atomic E-state index is 0.223. The molecule has 1 N–H and O–H groups in total. The van der Waals surface area contributed by atoms with E-state index in [9.17, 15) is 9.90 Å². The minimum Gasteiger partial charge on any atom is -0.459 e. The van der Waals surface area contributed by atoms with Gasteiger partial charge in [-0.05, 0) is 12.0 Å². The van der Waals surface area contributed by atoms with Crippen LogP contribution in [0, 0.1) is 0 Å². The standard InChI is InChI=1S/C12H16O3/c1-2-6-11(13)12(14)15-9-10-7-4-3-5-8-10/h3-5,7-8,11,13H,2,6,9H2,1H3. The summed E-state index contributed by atoms with van der Waals surface area (Å²) in [4.78, 5) is 11.2. The van der Waals surface area contributed by atoms with Crippen LogP contribution in [0.2, 0.25) is 0 Å². The zero-order valence-corrected chi connectivity index (χ0v) is 8.85. The Morgan fingerprint density at radius 3 is 2.67 bits per heavy atom. The average Bonchev–Trinajstić information content (AvgIpc) is 2.27. The molecule has 0 fully saturated rings. The molecule has 82 valence electrons. The van der Waals surface area contributed by atoms with Crippen LogP contribution in [0.5, 0.6) is 0 Å². The largest absolute Gasteiger partial charge is 0.459 e. The van der Waals surface area contributed by atoms with Gasteiger partial charge < -0.3 is 9.84 Å². The molecule has 0 aliphatic carbocycles. The van der Waals surface area contributed by atoms with Crippen molar-refractivity contribution in [3.05, 3.63) is 35.9 Å². The molecule has 3 heteroatoms. The van der Waals surface area contributed by atoms with E-state index in [0.717, 1.165) is 12.0 Å². The molecule has 15 heavy (non-hydrogen) atoms. The Bertz CT molecular complexity index is 295. The smallest absolute Gasteiger partial charge is 0.335 e. The van der Waals surface area contributed by atoms with Crippen molar-refractivity contribution in [3.63, 3.8) is 0 Å². The summed E-state index contributed by atoms with van der Waals surface area (Å²) < 4.78 is 4.95. The number of ether oxygens (including phenoxy) is 1. The number of carbonyl (C=O) groups excluding carboxylic acids is 1. The summed E-state index contributed by atoms with van der Waals surface area (Å²) in [6.45, 7) is 2.13. The molecule has 1 rings (SSSR count). The predicted octanol–water partition coefficient (Wildman–Crippen LogP) is 1.89. The first-order valence-corrected chi connectivity index (χ1v) is 5.12. The summed E-state index contributed by atoms with van der Waals surface area (Å²) in [6, 6.07) is 9.41. The SMILES string of the molecule is CCCC(O)C(=O)OCc1ccccc1. The molecule has 0 heterocycles. The molecule has 0 saturated heterocycles. The molecule has 1 atom stereocenters. The zero-order valence-electron chi connectivity index (χ0n) is 8.85. The van der Waals surface area contributed by atoms with Crippen LogP contribution >= 0.6 is 0 Å². The summed E-state index contributed by atoms with van der Waals surface area (Å²) in [5, 5.41) is 9.32. The maximum atomic E-state index is 11.2. The second-order valence-corrected chi connectivity index (χ2v) is 3.40. The normalized spacial score (nSPS) is 12.1. The summed E-state index contributed by atoms with van der Waals surface area (Å²) >= 11 is 0. The molecule has 0 aromatic heterocycles. The van der Waals surface area contributed by atoms with Gasteiger partial charge in [-0.3, -0.25) is 0 Å². The van der Waals surface area contributed by atoms with E-state index in [2.05, 4.69) is 0 Å². The van der Waals surface area contributed by atoms with Crippen molar-refractivity contribution in [1.82, 2.24) is 0 Å². The maximum Gasteiger partial charge on any atom is 0.335 e. The lowest BCUT2D eigenvalue weighted by Crippen LogP contribution is -2.22. The van der Waals surface area contributed by atoms with Crippen molar-refractivity contribution in [2.75, 3.05) is 0 Å². The number of benzene rings is 1. The molecular formula is C12H16O3. The van der Waals surface area contributed by atoms with E-state index in [4.69, 9.17) is 4.74 Å². The van der Waals surface area contributed by atoms with Gasteiger partial charge in [0.25, 0.3) is 0 Å². The van der Waals surface area contributed by atoms with Crippen LogP contribution in [0.25, 0.3) is 0 Å². The molecule has 1 aromatic carbocycles. The van der Waals surface area contributed by atoms with Crippen molar-refractivity contribution in [1.29, 1.82) is 0 Å². The number of aliphatic hydroxyl groups excluding tert-OH is 1. The highest BCUT2D eigenvalue weighted by Crippen LogP contribution is 2.04. The fourth-order valence-electron chi connectivity index (χ4n) is 1.22. The average molecular weight is 208 g/mol. The Balaban J connectivity index is 2.34. The van der Waals surface area contributed by atoms with Gasteiger partial charge in [-0.2, -0.15) is 0 Å². The van der Waals surface area contributed by atoms with E-state index in [0.29, 0.717) is 6.42 Å². The second kappa shape index (κ2) is 6.19. The van der Waals surface area contributed by atoms with Crippen LogP contribution in [-0.2, 0) is 16.1 Å². The van der Waals surface area contributed by atoms with Crippen LogP contribution in [0.3, 0.4) is 0 Å². The number of hydrogen-bond acceptors (Lipinski definition) is 3. The van der Waals surface area contributed by atoms with Crippen molar-refractivity contribution in [2.45, 2.75) is 32.5 Å². The molecule has 0 spiro atoms. The second-order valence-electron chi connectivity index (χ2n) is 3.40. The lowest BCUT2D eigenvalue weighted by molar-refractivity contribution is -0.155. The highest BCUT2D eigenvalue weighted by Gasteiger charge is 2.14. The molecule has 0 aliphatic rings. The first-order valence-electron chi connectivity index (χ1n) is 5.12. The van der Waals surface area contributed by atoms with Gasteiger partial charge in [-0.1, -0.05) is 43.7 Å². The van der Waals surface area contributed by atoms with Crippen LogP contribution in [0.1, 0.15) is 25.3 Å². The van der Waals surface area contributed by atoms with E-state index in [-0.39, 0.29) is 6.61 Å². The Morgan fingerprint density at radius 1 is 1.40 bits per heavy atom. The van der Waals surface area contributed by atoms with Crippen molar-refractivity contribution in [2.24, 2.45) is 0 Å². The fourth-order valence-corrected chi connectivity index (χ4v) is 1.22. The molecule has 0 saturated carbocycles. The number of aliphatic hydroxyl groups is 1. The van der Waals surface area contributed by atoms with Crippen LogP contribution in [0.15, 0.2) is 30.3 Å². The monoisotopic (exact) mass is 208 g/mol. The Hall–Kier alpha value is -1.35. The van der Waals surface area contributed by atoms with Crippen molar-refractivity contribution < 1.29 is 14.6 Å². The highest BCUT2D eigenvalue weighted by atomic mass is 16.5. The quantitative estimate of drug-likeness (QED) is 0.752. The molecule has 3 nitrogen and oxygen atoms in total. The Kier molecular flexibility index (Phi) is 4.84. The zero-order chi connectivity index (χ0) is 11.1. The fraction of sp³-hybridized carbons (Fsp3) is 0.417.